The summed E-state index contributed by atoms with van der Waals surface area (Å²) in [6.07, 6.45) is 1.67. The first-order valence-corrected chi connectivity index (χ1v) is 7.09. The Morgan fingerprint density at radius 3 is 2.41 bits per heavy atom. The first-order chi connectivity index (χ1) is 10.3. The molecule has 0 radical (unpaired) electrons. The van der Waals surface area contributed by atoms with Crippen LogP contribution >= 0.6 is 0 Å². The number of carbonyl (C=O) groups excluding carboxylic acids is 1. The third-order valence-corrected chi connectivity index (χ3v) is 2.85. The van der Waals surface area contributed by atoms with Crippen molar-refractivity contribution >= 4 is 17.8 Å². The number of nitrogens with zero attached hydrogens (tertiary/aromatic N) is 1. The van der Waals surface area contributed by atoms with Gasteiger partial charge in [0.2, 0.25) is 0 Å². The Morgan fingerprint density at radius 2 is 1.82 bits per heavy atom. The van der Waals surface area contributed by atoms with Crippen LogP contribution in [0.25, 0.3) is 0 Å². The number of rotatable bonds is 3. The van der Waals surface area contributed by atoms with E-state index in [2.05, 4.69) is 10.3 Å². The van der Waals surface area contributed by atoms with Gasteiger partial charge in [-0.15, -0.1) is 0 Å². The molecule has 0 fully saturated rings. The van der Waals surface area contributed by atoms with E-state index >= 15 is 0 Å². The van der Waals surface area contributed by atoms with Gasteiger partial charge >= 0.3 is 0 Å². The highest BCUT2D eigenvalue weighted by Crippen LogP contribution is 2.15. The Kier molecular flexibility index (Phi) is 4.61. The van der Waals surface area contributed by atoms with Crippen molar-refractivity contribution in [2.45, 2.75) is 26.3 Å². The van der Waals surface area contributed by atoms with E-state index in [1.165, 1.54) is 0 Å². The summed E-state index contributed by atoms with van der Waals surface area (Å²) in [5, 5.41) is 12.3. The summed E-state index contributed by atoms with van der Waals surface area (Å²) in [5.74, 6) is 0.106. The van der Waals surface area contributed by atoms with Crippen LogP contribution in [0.4, 0.5) is 5.69 Å². The standard InChI is InChI=1S/C18H20N2O2/c1-18(2,3)20-17(22)14-7-9-15(10-8-14)19-12-13-5-4-6-16(21)11-13/h4-12,21H,1-3H3,(H,20,22). The van der Waals surface area contributed by atoms with Gasteiger partial charge in [0.25, 0.3) is 5.91 Å². The van der Waals surface area contributed by atoms with E-state index in [4.69, 9.17) is 0 Å². The lowest BCUT2D eigenvalue weighted by molar-refractivity contribution is 0.0919. The van der Waals surface area contributed by atoms with E-state index in [1.54, 1.807) is 48.7 Å². The molecule has 0 unspecified atom stereocenters. The molecule has 0 saturated heterocycles. The third-order valence-electron chi connectivity index (χ3n) is 2.85. The second-order valence-electron chi connectivity index (χ2n) is 6.10. The number of carbonyl (C=O) groups is 1. The Labute approximate surface area is 130 Å². The fraction of sp³-hybridized carbons (Fsp3) is 0.222. The minimum Gasteiger partial charge on any atom is -0.508 e. The second kappa shape index (κ2) is 6.43. The Balaban J connectivity index is 2.07. The highest BCUT2D eigenvalue weighted by Gasteiger charge is 2.14. The van der Waals surface area contributed by atoms with E-state index in [-0.39, 0.29) is 17.2 Å². The molecule has 2 N–H and O–H groups in total. The molecule has 2 rings (SSSR count). The maximum Gasteiger partial charge on any atom is 0.251 e. The molecule has 0 atom stereocenters. The molecule has 22 heavy (non-hydrogen) atoms. The Hall–Kier alpha value is -2.62. The normalized spacial score (nSPS) is 11.6. The summed E-state index contributed by atoms with van der Waals surface area (Å²) in [7, 11) is 0. The van der Waals surface area contributed by atoms with Gasteiger partial charge < -0.3 is 10.4 Å². The van der Waals surface area contributed by atoms with Gasteiger partial charge in [-0.1, -0.05) is 12.1 Å². The lowest BCUT2D eigenvalue weighted by atomic mass is 10.1. The smallest absolute Gasteiger partial charge is 0.251 e. The average molecular weight is 296 g/mol. The van der Waals surface area contributed by atoms with Crippen LogP contribution in [0, 0.1) is 0 Å². The zero-order valence-corrected chi connectivity index (χ0v) is 13.0. The predicted molar refractivity (Wildman–Crippen MR) is 89.0 cm³/mol. The predicted octanol–water partition coefficient (Wildman–Crippen LogP) is 3.67. The average Bonchev–Trinajstić information content (AvgIpc) is 2.44. The molecule has 0 saturated carbocycles. The molecule has 0 aliphatic rings. The molecule has 0 aliphatic heterocycles. The molecular formula is C18H20N2O2. The van der Waals surface area contributed by atoms with Crippen LogP contribution in [0.1, 0.15) is 36.7 Å². The number of amides is 1. The molecule has 4 heteroatoms. The number of nitrogens with one attached hydrogen (secondary N) is 1. The third kappa shape index (κ3) is 4.74. The largest absolute Gasteiger partial charge is 0.508 e. The van der Waals surface area contributed by atoms with Crippen LogP contribution < -0.4 is 5.32 Å². The van der Waals surface area contributed by atoms with Crippen molar-refractivity contribution in [2.75, 3.05) is 0 Å². The van der Waals surface area contributed by atoms with Crippen LogP contribution in [-0.4, -0.2) is 22.8 Å². The molecule has 4 nitrogen and oxygen atoms in total. The molecule has 0 bridgehead atoms. The highest BCUT2D eigenvalue weighted by atomic mass is 16.3. The van der Waals surface area contributed by atoms with E-state index in [0.717, 1.165) is 11.3 Å². The summed E-state index contributed by atoms with van der Waals surface area (Å²) >= 11 is 0. The topological polar surface area (TPSA) is 61.7 Å². The SMILES string of the molecule is CC(C)(C)NC(=O)c1ccc(N=Cc2cccc(O)c2)cc1. The van der Waals surface area contributed by atoms with Gasteiger partial charge in [-0.3, -0.25) is 9.79 Å². The van der Waals surface area contributed by atoms with Crippen molar-refractivity contribution < 1.29 is 9.90 Å². The number of phenols is 1. The summed E-state index contributed by atoms with van der Waals surface area (Å²) < 4.78 is 0. The number of hydrogen-bond donors (Lipinski definition) is 2. The fourth-order valence-corrected chi connectivity index (χ4v) is 1.87. The van der Waals surface area contributed by atoms with Gasteiger partial charge in [0.05, 0.1) is 5.69 Å². The first kappa shape index (κ1) is 15.8. The molecule has 0 aromatic heterocycles. The number of hydrogen-bond acceptors (Lipinski definition) is 3. The van der Waals surface area contributed by atoms with Crippen molar-refractivity contribution in [1.82, 2.24) is 5.32 Å². The molecule has 0 heterocycles. The number of aromatic hydroxyl groups is 1. The van der Waals surface area contributed by atoms with Crippen LogP contribution in [0.15, 0.2) is 53.5 Å². The van der Waals surface area contributed by atoms with E-state index < -0.39 is 0 Å². The number of aliphatic imine (C=N–C) groups is 1. The van der Waals surface area contributed by atoms with Crippen molar-refractivity contribution in [3.8, 4) is 5.75 Å². The van der Waals surface area contributed by atoms with Gasteiger partial charge in [0.1, 0.15) is 5.75 Å². The van der Waals surface area contributed by atoms with Gasteiger partial charge in [-0.25, -0.2) is 0 Å². The minimum atomic E-state index is -0.261. The zero-order valence-electron chi connectivity index (χ0n) is 13.0. The number of benzene rings is 2. The van der Waals surface area contributed by atoms with Crippen LogP contribution in [0.5, 0.6) is 5.75 Å². The van der Waals surface area contributed by atoms with Crippen LogP contribution in [0.2, 0.25) is 0 Å². The molecule has 0 spiro atoms. The molecule has 1 amide bonds. The summed E-state index contributed by atoms with van der Waals surface area (Å²) in [5.41, 5.74) is 1.90. The van der Waals surface area contributed by atoms with E-state index in [1.807, 2.05) is 26.8 Å². The van der Waals surface area contributed by atoms with Crippen molar-refractivity contribution in [2.24, 2.45) is 4.99 Å². The van der Waals surface area contributed by atoms with Gasteiger partial charge in [0.15, 0.2) is 0 Å². The summed E-state index contributed by atoms with van der Waals surface area (Å²) in [6.45, 7) is 5.83. The summed E-state index contributed by atoms with van der Waals surface area (Å²) in [4.78, 5) is 16.3. The lowest BCUT2D eigenvalue weighted by Crippen LogP contribution is -2.40. The van der Waals surface area contributed by atoms with Crippen LogP contribution in [0.3, 0.4) is 0 Å². The zero-order chi connectivity index (χ0) is 16.2. The highest BCUT2D eigenvalue weighted by molar-refractivity contribution is 5.95. The van der Waals surface area contributed by atoms with Crippen molar-refractivity contribution in [3.05, 3.63) is 59.7 Å². The van der Waals surface area contributed by atoms with Crippen molar-refractivity contribution in [1.29, 1.82) is 0 Å². The van der Waals surface area contributed by atoms with E-state index in [9.17, 15) is 9.90 Å². The molecule has 2 aromatic carbocycles. The summed E-state index contributed by atoms with van der Waals surface area (Å²) in [6, 6.07) is 13.9. The molecular weight excluding hydrogens is 276 g/mol. The number of phenolic OH excluding ortho intramolecular Hbond substituents is 1. The quantitative estimate of drug-likeness (QED) is 0.849. The van der Waals surface area contributed by atoms with Crippen LogP contribution in [-0.2, 0) is 0 Å². The fourth-order valence-electron chi connectivity index (χ4n) is 1.87. The first-order valence-electron chi connectivity index (χ1n) is 7.09. The van der Waals surface area contributed by atoms with Crippen molar-refractivity contribution in [3.63, 3.8) is 0 Å². The Bertz CT molecular complexity index is 683. The van der Waals surface area contributed by atoms with Gasteiger partial charge in [-0.05, 0) is 62.7 Å². The molecule has 2 aromatic rings. The van der Waals surface area contributed by atoms with Gasteiger partial charge in [-0.2, -0.15) is 0 Å². The maximum atomic E-state index is 12.0. The van der Waals surface area contributed by atoms with E-state index in [0.29, 0.717) is 5.56 Å². The lowest BCUT2D eigenvalue weighted by Gasteiger charge is -2.20. The monoisotopic (exact) mass is 296 g/mol. The maximum absolute atomic E-state index is 12.0. The molecule has 114 valence electrons. The Morgan fingerprint density at radius 1 is 1.14 bits per heavy atom. The molecule has 0 aliphatic carbocycles. The second-order valence-corrected chi connectivity index (χ2v) is 6.10. The van der Waals surface area contributed by atoms with Gasteiger partial charge in [0, 0.05) is 17.3 Å². The minimum absolute atomic E-state index is 0.101.